The minimum atomic E-state index is 0. The fourth-order valence-electron chi connectivity index (χ4n) is 0. The lowest BCUT2D eigenvalue weighted by Gasteiger charge is -1.31. The topological polar surface area (TPSA) is 0 Å². The molecule has 0 amide bonds. The van der Waals surface area contributed by atoms with Crippen molar-refractivity contribution in [1.82, 2.24) is 0 Å². The molecule has 0 fully saturated rings. The van der Waals surface area contributed by atoms with Crippen molar-refractivity contribution in [2.24, 2.45) is 0 Å². The van der Waals surface area contributed by atoms with Crippen LogP contribution in [0.3, 0.4) is 0 Å². The Morgan fingerprint density at radius 3 is 0.350 bits per heavy atom. The molecule has 0 saturated heterocycles. The van der Waals surface area contributed by atoms with Crippen molar-refractivity contribution in [1.29, 1.82) is 0 Å². The van der Waals surface area contributed by atoms with E-state index < -0.39 is 0 Å². The van der Waals surface area contributed by atoms with E-state index in [2.05, 4.69) is 39.5 Å². The van der Waals surface area contributed by atoms with Gasteiger partial charge < -0.3 is 0 Å². The Balaban J connectivity index is -0.0000000141. The van der Waals surface area contributed by atoms with E-state index in [0.717, 1.165) is 0 Å². The predicted octanol–water partition coefficient (Wildman–Crippen LogP) is 7.46. The Morgan fingerprint density at radius 1 is 0.350 bits per heavy atom. The lowest BCUT2D eigenvalue weighted by atomic mass is 10.8. The van der Waals surface area contributed by atoms with E-state index in [9.17, 15) is 0 Å². The summed E-state index contributed by atoms with van der Waals surface area (Å²) in [4.78, 5) is 0. The minimum absolute atomic E-state index is 0. The van der Waals surface area contributed by atoms with Crippen LogP contribution in [0.5, 0.6) is 0 Å². The van der Waals surface area contributed by atoms with E-state index in [1.54, 1.807) is 36.5 Å². The van der Waals surface area contributed by atoms with Crippen molar-refractivity contribution in [2.45, 2.75) is 41.5 Å². The molecule has 124 valence electrons. The summed E-state index contributed by atoms with van der Waals surface area (Å²) >= 11 is 0. The number of rotatable bonds is 0. The van der Waals surface area contributed by atoms with Crippen LogP contribution in [-0.4, -0.2) is 0 Å². The molecular weight excluding hydrogens is 254 g/mol. The van der Waals surface area contributed by atoms with Gasteiger partial charge in [0, 0.05) is 0 Å². The lowest BCUT2D eigenvalue weighted by molar-refractivity contribution is 1.11. The molecule has 0 radical (unpaired) electrons. The molecule has 0 aliphatic rings. The molecule has 0 nitrogen and oxygen atoms in total. The predicted molar refractivity (Wildman–Crippen MR) is 100 cm³/mol. The summed E-state index contributed by atoms with van der Waals surface area (Å²) in [5, 5.41) is 0. The maximum Gasteiger partial charge on any atom is -0.0473 e. The van der Waals surface area contributed by atoms with Gasteiger partial charge in [0.1, 0.15) is 0 Å². The van der Waals surface area contributed by atoms with E-state index >= 15 is 0 Å². The van der Waals surface area contributed by atoms with Gasteiger partial charge in [0.2, 0.25) is 0 Å². The molecular formula is C18H38F2. The Labute approximate surface area is 127 Å². The molecule has 0 N–H and O–H groups in total. The van der Waals surface area contributed by atoms with Crippen molar-refractivity contribution >= 4 is 0 Å². The van der Waals surface area contributed by atoms with Gasteiger partial charge in [0.05, 0.1) is 0 Å². The summed E-state index contributed by atoms with van der Waals surface area (Å²) in [6.45, 7) is 31.5. The Hall–Kier alpha value is -1.70. The zero-order valence-electron chi connectivity index (χ0n) is 14.5. The fourth-order valence-corrected chi connectivity index (χ4v) is 0. The summed E-state index contributed by atoms with van der Waals surface area (Å²) in [5.74, 6) is 0. The molecule has 0 aliphatic heterocycles. The van der Waals surface area contributed by atoms with Crippen LogP contribution >= 0.6 is 0 Å². The molecule has 0 aliphatic carbocycles. The van der Waals surface area contributed by atoms with Gasteiger partial charge in [-0.05, 0) is 41.5 Å². The zero-order chi connectivity index (χ0) is 16.2. The third-order valence-corrected chi connectivity index (χ3v) is 0. The second-order valence-corrected chi connectivity index (χ2v) is 2.45. The highest BCUT2D eigenvalue weighted by Crippen LogP contribution is 1.39. The molecule has 20 heavy (non-hydrogen) atoms. The SMILES string of the molecule is C=CC.C=CC.C=CC.C=CC.C=CC.C=CC.F.F. The smallest absolute Gasteiger partial charge is 0.0473 e. The van der Waals surface area contributed by atoms with Gasteiger partial charge in [-0.2, -0.15) is 0 Å². The van der Waals surface area contributed by atoms with Crippen LogP contribution < -0.4 is 0 Å². The highest BCUT2D eigenvalue weighted by molar-refractivity contribution is 4.53. The summed E-state index contributed by atoms with van der Waals surface area (Å²) in [6.07, 6.45) is 10.5. The average molecular weight is 292 g/mol. The maximum absolute atomic E-state index is 3.36. The molecule has 0 atom stereocenters. The highest BCUT2D eigenvalue weighted by Gasteiger charge is 1.16. The molecule has 0 rings (SSSR count). The zero-order valence-corrected chi connectivity index (χ0v) is 14.5. The Morgan fingerprint density at radius 2 is 0.350 bits per heavy atom. The molecule has 0 saturated carbocycles. The largest absolute Gasteiger partial charge is 0.269 e. The first kappa shape index (κ1) is 51.6. The minimum Gasteiger partial charge on any atom is -0.269 e. The van der Waals surface area contributed by atoms with Crippen LogP contribution in [0.1, 0.15) is 41.5 Å². The molecule has 0 spiro atoms. The van der Waals surface area contributed by atoms with Crippen molar-refractivity contribution in [3.63, 3.8) is 0 Å². The fraction of sp³-hybridized carbons (Fsp3) is 0.333. The van der Waals surface area contributed by atoms with Crippen molar-refractivity contribution < 1.29 is 9.41 Å². The van der Waals surface area contributed by atoms with E-state index in [0.29, 0.717) is 0 Å². The molecule has 0 heterocycles. The lowest BCUT2D eigenvalue weighted by Crippen LogP contribution is -1.07. The summed E-state index contributed by atoms with van der Waals surface area (Å²) in [7, 11) is 0. The summed E-state index contributed by atoms with van der Waals surface area (Å²) < 4.78 is 0. The first-order valence-corrected chi connectivity index (χ1v) is 5.91. The Bertz CT molecular complexity index is 101. The third-order valence-electron chi connectivity index (χ3n) is 0. The number of halogens is 2. The quantitative estimate of drug-likeness (QED) is 0.406. The molecule has 0 aromatic rings. The molecule has 0 aromatic heterocycles. The van der Waals surface area contributed by atoms with E-state index in [1.807, 2.05) is 41.5 Å². The number of hydrogen-bond donors (Lipinski definition) is 0. The van der Waals surface area contributed by atoms with Gasteiger partial charge in [-0.3, -0.25) is 9.41 Å². The van der Waals surface area contributed by atoms with Crippen LogP contribution in [-0.2, 0) is 0 Å². The average Bonchev–Trinajstić information content (AvgIpc) is 2.23. The normalized spacial score (nSPS) is 3.90. The second-order valence-electron chi connectivity index (χ2n) is 2.45. The van der Waals surface area contributed by atoms with Crippen LogP contribution in [0.2, 0.25) is 0 Å². The van der Waals surface area contributed by atoms with Crippen molar-refractivity contribution in [3.05, 3.63) is 75.9 Å². The molecule has 0 aromatic carbocycles. The molecule has 0 bridgehead atoms. The number of allylic oxidation sites excluding steroid dienone is 6. The van der Waals surface area contributed by atoms with Gasteiger partial charge in [-0.1, -0.05) is 36.5 Å². The van der Waals surface area contributed by atoms with Crippen LogP contribution in [0.4, 0.5) is 9.41 Å². The number of hydrogen-bond acceptors (Lipinski definition) is 0. The summed E-state index contributed by atoms with van der Waals surface area (Å²) in [5.41, 5.74) is 0. The maximum atomic E-state index is 3.36. The van der Waals surface area contributed by atoms with Gasteiger partial charge in [-0.15, -0.1) is 39.5 Å². The molecule has 2 heteroatoms. The standard InChI is InChI=1S/6C3H6.2FH/c6*1-3-2;;/h6*3H,1H2,2H3;2*1H. The van der Waals surface area contributed by atoms with Crippen LogP contribution in [0, 0.1) is 0 Å². The van der Waals surface area contributed by atoms with E-state index in [4.69, 9.17) is 0 Å². The van der Waals surface area contributed by atoms with Gasteiger partial charge in [0.25, 0.3) is 0 Å². The highest BCUT2D eigenvalue weighted by atomic mass is 19.0. The van der Waals surface area contributed by atoms with Gasteiger partial charge >= 0.3 is 0 Å². The van der Waals surface area contributed by atoms with Crippen LogP contribution in [0.25, 0.3) is 0 Å². The Kier molecular flexibility index (Phi) is 642. The second kappa shape index (κ2) is 249. The van der Waals surface area contributed by atoms with E-state index in [-0.39, 0.29) is 9.41 Å². The van der Waals surface area contributed by atoms with Gasteiger partial charge in [-0.25, -0.2) is 0 Å². The van der Waals surface area contributed by atoms with Crippen LogP contribution in [0.15, 0.2) is 75.9 Å². The first-order chi connectivity index (χ1) is 8.49. The summed E-state index contributed by atoms with van der Waals surface area (Å²) in [6, 6.07) is 0. The molecule has 0 unspecified atom stereocenters. The monoisotopic (exact) mass is 292 g/mol. The van der Waals surface area contributed by atoms with Crippen molar-refractivity contribution in [2.75, 3.05) is 0 Å². The van der Waals surface area contributed by atoms with Gasteiger partial charge in [0.15, 0.2) is 0 Å². The van der Waals surface area contributed by atoms with Crippen molar-refractivity contribution in [3.8, 4) is 0 Å². The first-order valence-electron chi connectivity index (χ1n) is 5.91. The van der Waals surface area contributed by atoms with E-state index in [1.165, 1.54) is 0 Å². The third kappa shape index (κ3) is 1320.